The summed E-state index contributed by atoms with van der Waals surface area (Å²) in [5.41, 5.74) is 7.29. The van der Waals surface area contributed by atoms with Gasteiger partial charge >= 0.3 is 0 Å². The molecule has 2 aromatic rings. The van der Waals surface area contributed by atoms with Gasteiger partial charge in [-0.1, -0.05) is 23.7 Å². The van der Waals surface area contributed by atoms with Gasteiger partial charge in [0.25, 0.3) is 5.91 Å². The van der Waals surface area contributed by atoms with E-state index in [4.69, 9.17) is 17.3 Å². The van der Waals surface area contributed by atoms with Crippen LogP contribution in [0.3, 0.4) is 0 Å². The molecule has 0 unspecified atom stereocenters. The summed E-state index contributed by atoms with van der Waals surface area (Å²) < 4.78 is 1.60. The molecule has 0 saturated heterocycles. The SMILES string of the molecule is NC(=O)c1ccn(-c2c(Cl)cccc2CNC2CC2)n1. The van der Waals surface area contributed by atoms with Gasteiger partial charge in [0.1, 0.15) is 5.69 Å². The second-order valence-electron chi connectivity index (χ2n) is 4.91. The molecule has 0 radical (unpaired) electrons. The number of primary amides is 1. The highest BCUT2D eigenvalue weighted by Crippen LogP contribution is 2.26. The van der Waals surface area contributed by atoms with E-state index < -0.39 is 5.91 Å². The third-order valence-electron chi connectivity index (χ3n) is 3.30. The monoisotopic (exact) mass is 290 g/mol. The number of benzene rings is 1. The molecule has 0 aliphatic heterocycles. The van der Waals surface area contributed by atoms with Crippen molar-refractivity contribution in [1.29, 1.82) is 0 Å². The number of nitrogens with one attached hydrogen (secondary N) is 1. The molecule has 1 heterocycles. The lowest BCUT2D eigenvalue weighted by atomic mass is 10.1. The molecule has 1 aromatic carbocycles. The highest BCUT2D eigenvalue weighted by molar-refractivity contribution is 6.32. The van der Waals surface area contributed by atoms with Crippen molar-refractivity contribution >= 4 is 17.5 Å². The molecule has 3 rings (SSSR count). The first kappa shape index (κ1) is 13.1. The van der Waals surface area contributed by atoms with Crippen LogP contribution in [0.5, 0.6) is 0 Å². The molecule has 1 aliphatic rings. The van der Waals surface area contributed by atoms with Crippen LogP contribution in [-0.2, 0) is 6.54 Å². The van der Waals surface area contributed by atoms with Crippen molar-refractivity contribution in [3.05, 3.63) is 46.7 Å². The van der Waals surface area contributed by atoms with Crippen molar-refractivity contribution in [2.45, 2.75) is 25.4 Å². The van der Waals surface area contributed by atoms with Crippen molar-refractivity contribution in [3.63, 3.8) is 0 Å². The molecule has 1 aromatic heterocycles. The Hall–Kier alpha value is -1.85. The second kappa shape index (κ2) is 5.26. The number of carbonyl (C=O) groups excluding carboxylic acids is 1. The number of halogens is 1. The Labute approximate surface area is 121 Å². The minimum atomic E-state index is -0.548. The fourth-order valence-corrected chi connectivity index (χ4v) is 2.36. The van der Waals surface area contributed by atoms with E-state index >= 15 is 0 Å². The predicted octanol–water partition coefficient (Wildman–Crippen LogP) is 1.88. The molecule has 6 heteroatoms. The maximum absolute atomic E-state index is 11.1. The van der Waals surface area contributed by atoms with Gasteiger partial charge in [0.05, 0.1) is 10.7 Å². The fraction of sp³-hybridized carbons (Fsp3) is 0.286. The topological polar surface area (TPSA) is 72.9 Å². The van der Waals surface area contributed by atoms with Gasteiger partial charge in [-0.05, 0) is 30.5 Å². The van der Waals surface area contributed by atoms with Crippen LogP contribution in [0.4, 0.5) is 0 Å². The number of carbonyl (C=O) groups is 1. The molecule has 0 spiro atoms. The number of para-hydroxylation sites is 1. The lowest BCUT2D eigenvalue weighted by molar-refractivity contribution is 0.0995. The third-order valence-corrected chi connectivity index (χ3v) is 3.60. The summed E-state index contributed by atoms with van der Waals surface area (Å²) in [5.74, 6) is -0.548. The average Bonchev–Trinajstić information content (AvgIpc) is 3.12. The first-order valence-corrected chi connectivity index (χ1v) is 6.89. The lowest BCUT2D eigenvalue weighted by Crippen LogP contribution is -2.17. The van der Waals surface area contributed by atoms with E-state index in [-0.39, 0.29) is 5.69 Å². The molecular weight excluding hydrogens is 276 g/mol. The van der Waals surface area contributed by atoms with Crippen LogP contribution in [-0.4, -0.2) is 21.7 Å². The quantitative estimate of drug-likeness (QED) is 0.883. The number of nitrogens with zero attached hydrogens (tertiary/aromatic N) is 2. The largest absolute Gasteiger partial charge is 0.364 e. The molecule has 5 nitrogen and oxygen atoms in total. The summed E-state index contributed by atoms with van der Waals surface area (Å²) in [7, 11) is 0. The number of nitrogens with two attached hydrogens (primary N) is 1. The number of aromatic nitrogens is 2. The standard InChI is InChI=1S/C14H15ClN4O/c15-11-3-1-2-9(8-17-10-4-5-10)13(11)19-7-6-12(18-19)14(16)20/h1-3,6-7,10,17H,4-5,8H2,(H2,16,20). The van der Waals surface area contributed by atoms with Crippen LogP contribution in [0, 0.1) is 0 Å². The van der Waals surface area contributed by atoms with Crippen LogP contribution in [0.15, 0.2) is 30.5 Å². The van der Waals surface area contributed by atoms with E-state index in [9.17, 15) is 4.79 Å². The van der Waals surface area contributed by atoms with Gasteiger partial charge in [-0.25, -0.2) is 4.68 Å². The van der Waals surface area contributed by atoms with Crippen LogP contribution >= 0.6 is 11.6 Å². The third kappa shape index (κ3) is 2.69. The Kier molecular flexibility index (Phi) is 3.46. The molecule has 1 saturated carbocycles. The fourth-order valence-electron chi connectivity index (χ4n) is 2.08. The van der Waals surface area contributed by atoms with Crippen LogP contribution < -0.4 is 11.1 Å². The van der Waals surface area contributed by atoms with Crippen LogP contribution in [0.25, 0.3) is 5.69 Å². The van der Waals surface area contributed by atoms with Crippen molar-refractivity contribution in [2.24, 2.45) is 5.73 Å². The van der Waals surface area contributed by atoms with E-state index in [1.807, 2.05) is 18.2 Å². The highest BCUT2D eigenvalue weighted by atomic mass is 35.5. The van der Waals surface area contributed by atoms with Gasteiger partial charge in [-0.3, -0.25) is 4.79 Å². The first-order valence-electron chi connectivity index (χ1n) is 6.52. The normalized spacial score (nSPS) is 14.4. The summed E-state index contributed by atoms with van der Waals surface area (Å²) in [6.45, 7) is 0.728. The van der Waals surface area contributed by atoms with Gasteiger partial charge < -0.3 is 11.1 Å². The summed E-state index contributed by atoms with van der Waals surface area (Å²) in [6, 6.07) is 7.92. The summed E-state index contributed by atoms with van der Waals surface area (Å²) in [6.07, 6.45) is 4.15. The predicted molar refractivity (Wildman–Crippen MR) is 77.0 cm³/mol. The molecule has 1 amide bonds. The second-order valence-corrected chi connectivity index (χ2v) is 5.32. The lowest BCUT2D eigenvalue weighted by Gasteiger charge is -2.12. The Morgan fingerprint density at radius 1 is 1.45 bits per heavy atom. The van der Waals surface area contributed by atoms with E-state index in [1.165, 1.54) is 12.8 Å². The van der Waals surface area contributed by atoms with Gasteiger partial charge in [0, 0.05) is 18.8 Å². The van der Waals surface area contributed by atoms with Gasteiger partial charge in [0.2, 0.25) is 0 Å². The maximum atomic E-state index is 11.1. The van der Waals surface area contributed by atoms with E-state index in [0.29, 0.717) is 11.1 Å². The van der Waals surface area contributed by atoms with Crippen LogP contribution in [0.2, 0.25) is 5.02 Å². The molecule has 1 aliphatic carbocycles. The number of hydrogen-bond donors (Lipinski definition) is 2. The number of hydrogen-bond acceptors (Lipinski definition) is 3. The Balaban J connectivity index is 1.94. The minimum absolute atomic E-state index is 0.228. The number of amides is 1. The minimum Gasteiger partial charge on any atom is -0.364 e. The van der Waals surface area contributed by atoms with E-state index in [2.05, 4.69) is 10.4 Å². The summed E-state index contributed by atoms with van der Waals surface area (Å²) in [5, 5.41) is 8.22. The van der Waals surface area contributed by atoms with Crippen molar-refractivity contribution in [2.75, 3.05) is 0 Å². The molecule has 1 fully saturated rings. The molecular formula is C14H15ClN4O. The zero-order valence-corrected chi connectivity index (χ0v) is 11.6. The number of rotatable bonds is 5. The van der Waals surface area contributed by atoms with Gasteiger partial charge in [-0.15, -0.1) is 0 Å². The average molecular weight is 291 g/mol. The van der Waals surface area contributed by atoms with E-state index in [1.54, 1.807) is 16.9 Å². The van der Waals surface area contributed by atoms with Crippen LogP contribution in [0.1, 0.15) is 28.9 Å². The first-order chi connectivity index (χ1) is 9.65. The molecule has 0 atom stereocenters. The smallest absolute Gasteiger partial charge is 0.269 e. The van der Waals surface area contributed by atoms with Crippen molar-refractivity contribution in [3.8, 4) is 5.69 Å². The molecule has 104 valence electrons. The Morgan fingerprint density at radius 2 is 2.25 bits per heavy atom. The zero-order valence-electron chi connectivity index (χ0n) is 10.8. The van der Waals surface area contributed by atoms with Crippen molar-refractivity contribution in [1.82, 2.24) is 15.1 Å². The summed E-state index contributed by atoms with van der Waals surface area (Å²) in [4.78, 5) is 11.1. The maximum Gasteiger partial charge on any atom is 0.269 e. The van der Waals surface area contributed by atoms with Crippen molar-refractivity contribution < 1.29 is 4.79 Å². The van der Waals surface area contributed by atoms with E-state index in [0.717, 1.165) is 17.8 Å². The Bertz CT molecular complexity index is 648. The molecule has 20 heavy (non-hydrogen) atoms. The molecule has 0 bridgehead atoms. The zero-order chi connectivity index (χ0) is 14.1. The molecule has 3 N–H and O–H groups in total. The van der Waals surface area contributed by atoms with Gasteiger partial charge in [-0.2, -0.15) is 5.10 Å². The summed E-state index contributed by atoms with van der Waals surface area (Å²) >= 11 is 6.28. The highest BCUT2D eigenvalue weighted by Gasteiger charge is 2.21. The van der Waals surface area contributed by atoms with Gasteiger partial charge in [0.15, 0.2) is 0 Å². The Morgan fingerprint density at radius 3 is 2.90 bits per heavy atom.